The molecule has 5 rings (SSSR count). The number of hydrogen-bond acceptors (Lipinski definition) is 3. The van der Waals surface area contributed by atoms with Crippen molar-refractivity contribution in [3.63, 3.8) is 0 Å². The third kappa shape index (κ3) is 3.11. The van der Waals surface area contributed by atoms with Crippen molar-refractivity contribution in [3.8, 4) is 0 Å². The Morgan fingerprint density at radius 1 is 1.23 bits per heavy atom. The Hall–Kier alpha value is -2.40. The fourth-order valence-corrected chi connectivity index (χ4v) is 5.11. The quantitative estimate of drug-likeness (QED) is 0.762. The Kier molecular flexibility index (Phi) is 4.27. The van der Waals surface area contributed by atoms with Gasteiger partial charge in [0.05, 0.1) is 22.9 Å². The van der Waals surface area contributed by atoms with Crippen LogP contribution in [0.5, 0.6) is 0 Å². The van der Waals surface area contributed by atoms with Gasteiger partial charge < -0.3 is 14.6 Å². The number of aliphatic imine (C=N–C) groups is 1. The first kappa shape index (κ1) is 19.6. The summed E-state index contributed by atoms with van der Waals surface area (Å²) in [4.78, 5) is 23.2. The minimum absolute atomic E-state index is 0.109. The molecule has 2 aromatic rings. The van der Waals surface area contributed by atoms with Crippen LogP contribution < -0.4 is 4.90 Å². The third-order valence-corrected chi connectivity index (χ3v) is 7.18. The molecule has 0 radical (unpaired) electrons. The van der Waals surface area contributed by atoms with Gasteiger partial charge in [0.25, 0.3) is 0 Å². The number of nitrogens with zero attached hydrogens (tertiary/aromatic N) is 2. The summed E-state index contributed by atoms with van der Waals surface area (Å²) in [5.74, 6) is 0.00857. The van der Waals surface area contributed by atoms with E-state index in [9.17, 15) is 4.79 Å². The van der Waals surface area contributed by atoms with Gasteiger partial charge in [-0.05, 0) is 63.1 Å². The van der Waals surface area contributed by atoms with E-state index in [0.29, 0.717) is 12.0 Å². The lowest BCUT2D eigenvalue weighted by atomic mass is 9.73. The Bertz CT molecular complexity index is 1100. The van der Waals surface area contributed by atoms with E-state index in [1.165, 1.54) is 17.7 Å². The Labute approximate surface area is 178 Å². The number of ether oxygens (including phenoxy) is 1. The predicted octanol–water partition coefficient (Wildman–Crippen LogP) is 5.21. The van der Waals surface area contributed by atoms with Crippen LogP contribution >= 0.6 is 0 Å². The molecule has 1 saturated heterocycles. The topological polar surface area (TPSA) is 57.7 Å². The summed E-state index contributed by atoms with van der Waals surface area (Å²) in [6.45, 7) is 9.31. The molecule has 0 bridgehead atoms. The van der Waals surface area contributed by atoms with Crippen LogP contribution in [-0.4, -0.2) is 35.9 Å². The smallest absolute Gasteiger partial charge is 0.232 e. The predicted molar refractivity (Wildman–Crippen MR) is 121 cm³/mol. The molecular formula is C25H31N3O2. The molecule has 5 nitrogen and oxygen atoms in total. The number of carbonyl (C=O) groups is 1. The summed E-state index contributed by atoms with van der Waals surface area (Å²) in [6.07, 6.45) is 4.17. The summed E-state index contributed by atoms with van der Waals surface area (Å²) >= 11 is 0. The average molecular weight is 406 g/mol. The number of hydrogen-bond donors (Lipinski definition) is 1. The van der Waals surface area contributed by atoms with E-state index >= 15 is 0 Å². The fourth-order valence-electron chi connectivity index (χ4n) is 5.11. The fraction of sp³-hybridized carbons (Fsp3) is 0.520. The number of rotatable bonds is 3. The number of carbonyl (C=O) groups excluding carboxylic acids is 1. The van der Waals surface area contributed by atoms with Crippen molar-refractivity contribution in [2.75, 3.05) is 18.6 Å². The normalized spacial score (nSPS) is 24.4. The van der Waals surface area contributed by atoms with Gasteiger partial charge >= 0.3 is 0 Å². The van der Waals surface area contributed by atoms with E-state index < -0.39 is 5.60 Å². The summed E-state index contributed by atoms with van der Waals surface area (Å²) in [5.41, 5.74) is 6.81. The summed E-state index contributed by atoms with van der Waals surface area (Å²) in [5, 5.41) is 1.15. The highest BCUT2D eigenvalue weighted by Crippen LogP contribution is 2.44. The highest BCUT2D eigenvalue weighted by molar-refractivity contribution is 6.18. The molecule has 1 unspecified atom stereocenters. The van der Waals surface area contributed by atoms with Crippen LogP contribution in [0.15, 0.2) is 40.5 Å². The highest BCUT2D eigenvalue weighted by atomic mass is 16.5. The van der Waals surface area contributed by atoms with Gasteiger partial charge in [0.1, 0.15) is 0 Å². The van der Waals surface area contributed by atoms with Crippen LogP contribution in [-0.2, 0) is 9.53 Å². The number of aromatic nitrogens is 1. The molecule has 2 aliphatic heterocycles. The van der Waals surface area contributed by atoms with Crippen LogP contribution in [0.25, 0.3) is 10.9 Å². The molecule has 1 N–H and O–H groups in total. The van der Waals surface area contributed by atoms with Gasteiger partial charge in [-0.2, -0.15) is 0 Å². The van der Waals surface area contributed by atoms with Gasteiger partial charge in [0, 0.05) is 41.5 Å². The number of benzene rings is 1. The molecule has 0 spiro atoms. The lowest BCUT2D eigenvalue weighted by Crippen LogP contribution is -2.41. The largest absolute Gasteiger partial charge is 0.375 e. The number of allylic oxidation sites excluding steroid dienone is 2. The van der Waals surface area contributed by atoms with E-state index in [-0.39, 0.29) is 11.8 Å². The molecule has 158 valence electrons. The minimum atomic E-state index is -0.405. The maximum atomic E-state index is 13.1. The molecule has 1 fully saturated rings. The first-order valence-corrected chi connectivity index (χ1v) is 11.0. The highest BCUT2D eigenvalue weighted by Gasteiger charge is 2.42. The maximum Gasteiger partial charge on any atom is 0.232 e. The van der Waals surface area contributed by atoms with Crippen molar-refractivity contribution in [1.82, 2.24) is 4.98 Å². The zero-order valence-corrected chi connectivity index (χ0v) is 18.6. The summed E-state index contributed by atoms with van der Waals surface area (Å²) in [6, 6.07) is 8.36. The lowest BCUT2D eigenvalue weighted by molar-refractivity contribution is -0.126. The first-order chi connectivity index (χ1) is 14.1. The monoisotopic (exact) mass is 405 g/mol. The Morgan fingerprint density at radius 3 is 2.73 bits per heavy atom. The molecule has 5 heteroatoms. The van der Waals surface area contributed by atoms with Crippen molar-refractivity contribution in [3.05, 3.63) is 41.2 Å². The SMILES string of the molecule is CN(C(=O)C1CCOC1(C)C)c1ccc2cc(C3=NC4=C3CCC(C)(C)C4)[nH]c2c1. The molecule has 1 aromatic carbocycles. The molecule has 1 aliphatic carbocycles. The second-order valence-corrected chi connectivity index (χ2v) is 10.4. The van der Waals surface area contributed by atoms with Gasteiger partial charge in [-0.1, -0.05) is 19.9 Å². The molecule has 1 aromatic heterocycles. The van der Waals surface area contributed by atoms with Crippen molar-refractivity contribution >= 4 is 28.2 Å². The van der Waals surface area contributed by atoms with Gasteiger partial charge in [-0.3, -0.25) is 9.79 Å². The van der Waals surface area contributed by atoms with Gasteiger partial charge in [-0.15, -0.1) is 0 Å². The van der Waals surface area contributed by atoms with Crippen LogP contribution in [0.3, 0.4) is 0 Å². The van der Waals surface area contributed by atoms with Gasteiger partial charge in [0.15, 0.2) is 0 Å². The van der Waals surface area contributed by atoms with Crippen LogP contribution in [0, 0.1) is 11.3 Å². The number of anilines is 1. The molecule has 1 amide bonds. The molecule has 30 heavy (non-hydrogen) atoms. The van der Waals surface area contributed by atoms with E-state index in [1.54, 1.807) is 4.90 Å². The first-order valence-electron chi connectivity index (χ1n) is 11.0. The Balaban J connectivity index is 1.38. The average Bonchev–Trinajstić information content (AvgIpc) is 3.24. The van der Waals surface area contributed by atoms with Crippen molar-refractivity contribution < 1.29 is 9.53 Å². The summed E-state index contributed by atoms with van der Waals surface area (Å²) < 4.78 is 5.76. The standard InChI is InChI=1S/C25H31N3O2/c1-24(2)10-8-17-21(14-24)27-22(17)20-12-15-6-7-16(13-19(15)26-20)28(5)23(29)18-9-11-30-25(18,3)4/h6-7,12-13,18,26H,8-11,14H2,1-5H3. The number of H-pyrrole nitrogens is 1. The number of aromatic amines is 1. The van der Waals surface area contributed by atoms with Crippen LogP contribution in [0.4, 0.5) is 5.69 Å². The minimum Gasteiger partial charge on any atom is -0.375 e. The second-order valence-electron chi connectivity index (χ2n) is 10.4. The van der Waals surface area contributed by atoms with E-state index in [0.717, 1.165) is 47.3 Å². The van der Waals surface area contributed by atoms with E-state index in [1.807, 2.05) is 27.0 Å². The van der Waals surface area contributed by atoms with Crippen LogP contribution in [0.2, 0.25) is 0 Å². The maximum absolute atomic E-state index is 13.1. The number of nitrogens with one attached hydrogen (secondary N) is 1. The van der Waals surface area contributed by atoms with Crippen LogP contribution in [0.1, 0.15) is 59.1 Å². The molecule has 0 saturated carbocycles. The van der Waals surface area contributed by atoms with Crippen molar-refractivity contribution in [2.45, 2.75) is 59.0 Å². The number of amides is 1. The summed E-state index contributed by atoms with van der Waals surface area (Å²) in [7, 11) is 1.86. The second kappa shape index (κ2) is 6.55. The van der Waals surface area contributed by atoms with Gasteiger partial charge in [-0.25, -0.2) is 0 Å². The van der Waals surface area contributed by atoms with Crippen molar-refractivity contribution in [2.24, 2.45) is 16.3 Å². The van der Waals surface area contributed by atoms with Crippen molar-refractivity contribution in [1.29, 1.82) is 0 Å². The van der Waals surface area contributed by atoms with E-state index in [4.69, 9.17) is 9.73 Å². The molecular weight excluding hydrogens is 374 g/mol. The number of fused-ring (bicyclic) bond motifs is 1. The lowest BCUT2D eigenvalue weighted by Gasteiger charge is -2.36. The Morgan fingerprint density at radius 2 is 2.03 bits per heavy atom. The van der Waals surface area contributed by atoms with Gasteiger partial charge in [0.2, 0.25) is 5.91 Å². The molecule has 1 atom stereocenters. The van der Waals surface area contributed by atoms with E-state index in [2.05, 4.69) is 37.0 Å². The molecule has 3 aliphatic rings. The third-order valence-electron chi connectivity index (χ3n) is 7.18. The zero-order valence-electron chi connectivity index (χ0n) is 18.6. The molecule has 3 heterocycles. The zero-order chi connectivity index (χ0) is 21.3.